The van der Waals surface area contributed by atoms with E-state index in [1.165, 1.54) is 5.56 Å². The molecule has 0 fully saturated rings. The highest BCUT2D eigenvalue weighted by molar-refractivity contribution is 5.26. The summed E-state index contributed by atoms with van der Waals surface area (Å²) in [6.07, 6.45) is 3.36. The summed E-state index contributed by atoms with van der Waals surface area (Å²) in [7, 11) is 0. The molecule has 0 spiro atoms. The molecule has 2 N–H and O–H groups in total. The molecule has 0 aliphatic rings. The molecule has 4 nitrogen and oxygen atoms in total. The predicted octanol–water partition coefficient (Wildman–Crippen LogP) is 2.38. The first-order valence-electron chi connectivity index (χ1n) is 6.86. The molecule has 1 unspecified atom stereocenters. The van der Waals surface area contributed by atoms with E-state index in [1.807, 2.05) is 19.1 Å². The minimum absolute atomic E-state index is 0.211. The topological polar surface area (TPSA) is 60.9 Å². The van der Waals surface area contributed by atoms with Crippen LogP contribution in [0.5, 0.6) is 0 Å². The van der Waals surface area contributed by atoms with E-state index in [0.29, 0.717) is 12.5 Å². The zero-order valence-corrected chi connectivity index (χ0v) is 12.2. The lowest BCUT2D eigenvalue weighted by molar-refractivity contribution is 0.549. The van der Waals surface area contributed by atoms with Gasteiger partial charge in [-0.05, 0) is 29.5 Å². The van der Waals surface area contributed by atoms with E-state index in [-0.39, 0.29) is 11.7 Å². The van der Waals surface area contributed by atoms with Crippen molar-refractivity contribution >= 4 is 0 Å². The Labute approximate surface area is 119 Å². The second kappa shape index (κ2) is 6.01. The number of nitrogens with two attached hydrogens (primary N) is 1. The monoisotopic (exact) mass is 271 g/mol. The molecule has 0 saturated carbocycles. The van der Waals surface area contributed by atoms with Gasteiger partial charge in [0.05, 0.1) is 0 Å². The number of aryl methyl sites for hydroxylation is 1. The predicted molar refractivity (Wildman–Crippen MR) is 80.7 cm³/mol. The smallest absolute Gasteiger partial charge is 0.322 e. The van der Waals surface area contributed by atoms with E-state index < -0.39 is 0 Å². The maximum Gasteiger partial charge on any atom is 0.347 e. The van der Waals surface area contributed by atoms with Crippen molar-refractivity contribution in [3.8, 4) is 0 Å². The summed E-state index contributed by atoms with van der Waals surface area (Å²) in [5.41, 5.74) is 9.19. The number of benzene rings is 1. The fourth-order valence-corrected chi connectivity index (χ4v) is 2.14. The lowest BCUT2D eigenvalue weighted by atomic mass is 9.99. The van der Waals surface area contributed by atoms with Crippen LogP contribution in [0.4, 0.5) is 0 Å². The van der Waals surface area contributed by atoms with E-state index in [0.717, 1.165) is 11.1 Å². The molecule has 0 amide bonds. The fraction of sp³-hybridized carbons (Fsp3) is 0.375. The molecule has 0 saturated heterocycles. The first kappa shape index (κ1) is 14.5. The first-order valence-corrected chi connectivity index (χ1v) is 6.86. The molecular formula is C16H21N3O. The number of aromatic nitrogens is 2. The molecule has 0 aliphatic heterocycles. The highest BCUT2D eigenvalue weighted by Gasteiger charge is 2.09. The Balaban J connectivity index is 2.17. The largest absolute Gasteiger partial charge is 0.347 e. The molecule has 1 heterocycles. The number of nitrogens with zero attached hydrogens (tertiary/aromatic N) is 2. The van der Waals surface area contributed by atoms with Crippen molar-refractivity contribution in [3.05, 3.63) is 63.8 Å². The van der Waals surface area contributed by atoms with Crippen LogP contribution in [-0.4, -0.2) is 9.55 Å². The molecule has 106 valence electrons. The normalized spacial score (nSPS) is 12.7. The maximum atomic E-state index is 11.7. The SMILES string of the molecule is Cc1cnc(=O)n(CC(N)c2ccc(C(C)C)cc2)c1. The highest BCUT2D eigenvalue weighted by Crippen LogP contribution is 2.18. The van der Waals surface area contributed by atoms with Crippen LogP contribution >= 0.6 is 0 Å². The van der Waals surface area contributed by atoms with E-state index in [9.17, 15) is 4.79 Å². The molecule has 2 rings (SSSR count). The third kappa shape index (κ3) is 3.33. The van der Waals surface area contributed by atoms with E-state index >= 15 is 0 Å². The van der Waals surface area contributed by atoms with Crippen LogP contribution in [0.15, 0.2) is 41.5 Å². The molecule has 4 heteroatoms. The van der Waals surface area contributed by atoms with Crippen LogP contribution in [0.3, 0.4) is 0 Å². The fourth-order valence-electron chi connectivity index (χ4n) is 2.14. The maximum absolute atomic E-state index is 11.7. The summed E-state index contributed by atoms with van der Waals surface area (Å²) in [5.74, 6) is 0.504. The summed E-state index contributed by atoms with van der Waals surface area (Å²) in [6.45, 7) is 6.67. The van der Waals surface area contributed by atoms with Crippen LogP contribution in [0, 0.1) is 6.92 Å². The summed E-state index contributed by atoms with van der Waals surface area (Å²) in [4.78, 5) is 15.5. The molecule has 0 bridgehead atoms. The lowest BCUT2D eigenvalue weighted by Gasteiger charge is -2.15. The zero-order valence-electron chi connectivity index (χ0n) is 12.2. The molecule has 20 heavy (non-hydrogen) atoms. The van der Waals surface area contributed by atoms with E-state index in [1.54, 1.807) is 17.0 Å². The quantitative estimate of drug-likeness (QED) is 0.928. The highest BCUT2D eigenvalue weighted by atomic mass is 16.1. The van der Waals surface area contributed by atoms with Gasteiger partial charge in [0.25, 0.3) is 0 Å². The number of hydrogen-bond acceptors (Lipinski definition) is 3. The summed E-state index contributed by atoms with van der Waals surface area (Å²) < 4.78 is 1.57. The van der Waals surface area contributed by atoms with Gasteiger partial charge in [0.1, 0.15) is 0 Å². The van der Waals surface area contributed by atoms with Crippen molar-refractivity contribution in [2.75, 3.05) is 0 Å². The molecule has 1 aromatic heterocycles. The van der Waals surface area contributed by atoms with Crippen molar-refractivity contribution in [2.24, 2.45) is 5.73 Å². The first-order chi connectivity index (χ1) is 9.47. The Bertz CT molecular complexity index is 629. The average molecular weight is 271 g/mol. The van der Waals surface area contributed by atoms with Gasteiger partial charge in [-0.2, -0.15) is 0 Å². The molecule has 0 radical (unpaired) electrons. The molecule has 1 atom stereocenters. The summed E-state index contributed by atoms with van der Waals surface area (Å²) in [6, 6.07) is 8.05. The van der Waals surface area contributed by atoms with E-state index in [2.05, 4.69) is 31.0 Å². The summed E-state index contributed by atoms with van der Waals surface area (Å²) >= 11 is 0. The van der Waals surface area contributed by atoms with Crippen LogP contribution < -0.4 is 11.4 Å². The van der Waals surface area contributed by atoms with Gasteiger partial charge in [-0.1, -0.05) is 38.1 Å². The molecule has 2 aromatic rings. The van der Waals surface area contributed by atoms with Gasteiger partial charge in [0.15, 0.2) is 0 Å². The average Bonchev–Trinajstić information content (AvgIpc) is 2.43. The Kier molecular flexibility index (Phi) is 4.35. The van der Waals surface area contributed by atoms with Crippen molar-refractivity contribution in [2.45, 2.75) is 39.3 Å². The number of hydrogen-bond donors (Lipinski definition) is 1. The zero-order chi connectivity index (χ0) is 14.7. The van der Waals surface area contributed by atoms with Crippen LogP contribution in [0.1, 0.15) is 42.5 Å². The minimum atomic E-state index is -0.259. The lowest BCUT2D eigenvalue weighted by Crippen LogP contribution is -2.28. The second-order valence-corrected chi connectivity index (χ2v) is 5.49. The van der Waals surface area contributed by atoms with Crippen molar-refractivity contribution in [3.63, 3.8) is 0 Å². The molecule has 0 aliphatic carbocycles. The Morgan fingerprint density at radius 3 is 2.40 bits per heavy atom. The van der Waals surface area contributed by atoms with E-state index in [4.69, 9.17) is 5.73 Å². The third-order valence-corrected chi connectivity index (χ3v) is 3.41. The van der Waals surface area contributed by atoms with Crippen molar-refractivity contribution in [1.82, 2.24) is 9.55 Å². The van der Waals surface area contributed by atoms with Gasteiger partial charge in [-0.25, -0.2) is 9.78 Å². The molecule has 1 aromatic carbocycles. The van der Waals surface area contributed by atoms with Gasteiger partial charge in [-0.15, -0.1) is 0 Å². The minimum Gasteiger partial charge on any atom is -0.322 e. The third-order valence-electron chi connectivity index (χ3n) is 3.41. The van der Waals surface area contributed by atoms with Crippen LogP contribution in [0.2, 0.25) is 0 Å². The Morgan fingerprint density at radius 2 is 1.80 bits per heavy atom. The van der Waals surface area contributed by atoms with Crippen LogP contribution in [0.25, 0.3) is 0 Å². The van der Waals surface area contributed by atoms with Gasteiger partial charge in [0, 0.05) is 25.0 Å². The molecular weight excluding hydrogens is 250 g/mol. The van der Waals surface area contributed by atoms with Gasteiger partial charge in [-0.3, -0.25) is 4.57 Å². The van der Waals surface area contributed by atoms with Crippen molar-refractivity contribution < 1.29 is 0 Å². The Morgan fingerprint density at radius 1 is 1.20 bits per heavy atom. The van der Waals surface area contributed by atoms with Crippen LogP contribution in [-0.2, 0) is 6.54 Å². The number of rotatable bonds is 4. The van der Waals surface area contributed by atoms with Gasteiger partial charge in [0.2, 0.25) is 0 Å². The standard InChI is InChI=1S/C16H21N3O/c1-11(2)13-4-6-14(7-5-13)15(17)10-19-9-12(3)8-18-16(19)20/h4-9,11,15H,10,17H2,1-3H3. The summed E-state index contributed by atoms with van der Waals surface area (Å²) in [5, 5.41) is 0. The second-order valence-electron chi connectivity index (χ2n) is 5.49. The Hall–Kier alpha value is -1.94. The van der Waals surface area contributed by atoms with Gasteiger partial charge >= 0.3 is 5.69 Å². The van der Waals surface area contributed by atoms with Crippen molar-refractivity contribution in [1.29, 1.82) is 0 Å². The van der Waals surface area contributed by atoms with Gasteiger partial charge < -0.3 is 5.73 Å².